The molecule has 0 saturated heterocycles. The number of amides is 1. The lowest BCUT2D eigenvalue weighted by atomic mass is 10.0. The van der Waals surface area contributed by atoms with E-state index in [-0.39, 0.29) is 12.1 Å². The van der Waals surface area contributed by atoms with Crippen molar-refractivity contribution >= 4 is 11.7 Å². The topological polar surface area (TPSA) is 41.5 Å². The first-order valence-corrected chi connectivity index (χ1v) is 14.4. The van der Waals surface area contributed by atoms with Gasteiger partial charge < -0.3 is 5.32 Å². The smallest absolute Gasteiger partial charge is 0.224 e. The molecule has 0 aromatic carbocycles. The molecule has 4 nitrogen and oxygen atoms in total. The Bertz CT molecular complexity index is 557. The van der Waals surface area contributed by atoms with Gasteiger partial charge in [-0.1, -0.05) is 109 Å². The van der Waals surface area contributed by atoms with Gasteiger partial charge in [0.05, 0.1) is 13.1 Å². The van der Waals surface area contributed by atoms with E-state index in [2.05, 4.69) is 38.2 Å². The highest BCUT2D eigenvalue weighted by Crippen LogP contribution is 2.20. The third kappa shape index (κ3) is 12.8. The number of quaternary nitrogens is 1. The summed E-state index contributed by atoms with van der Waals surface area (Å²) in [4.78, 5) is 16.3. The van der Waals surface area contributed by atoms with Gasteiger partial charge in [-0.3, -0.25) is 9.28 Å². The summed E-state index contributed by atoms with van der Waals surface area (Å²) in [5.74, 6) is 1.17. The summed E-state index contributed by atoms with van der Waals surface area (Å²) in [7, 11) is 0. The van der Waals surface area contributed by atoms with Crippen molar-refractivity contribution in [3.8, 4) is 0 Å². The van der Waals surface area contributed by atoms with Crippen LogP contribution in [0.25, 0.3) is 0 Å². The molecule has 1 aliphatic rings. The van der Waals surface area contributed by atoms with Crippen molar-refractivity contribution in [3.63, 3.8) is 0 Å². The molecule has 0 aromatic rings. The Kier molecular flexibility index (Phi) is 17.4. The van der Waals surface area contributed by atoms with E-state index in [1.165, 1.54) is 103 Å². The summed E-state index contributed by atoms with van der Waals surface area (Å²) < 4.78 is 0.773. The molecule has 0 saturated carbocycles. The molecule has 0 spiro atoms. The normalized spacial score (nSPS) is 19.2. The maximum absolute atomic E-state index is 11.5. The summed E-state index contributed by atoms with van der Waals surface area (Å²) in [6.07, 6.45) is 28.4. The fraction of sp³-hybridized carbons (Fsp3) is 0.862. The Morgan fingerprint density at radius 1 is 0.879 bits per heavy atom. The third-order valence-corrected chi connectivity index (χ3v) is 7.44. The van der Waals surface area contributed by atoms with Gasteiger partial charge in [0, 0.05) is 19.9 Å². The van der Waals surface area contributed by atoms with Crippen LogP contribution in [0.1, 0.15) is 137 Å². The van der Waals surface area contributed by atoms with Gasteiger partial charge in [-0.05, 0) is 19.8 Å². The van der Waals surface area contributed by atoms with Crippen LogP contribution in [0.2, 0.25) is 0 Å². The van der Waals surface area contributed by atoms with E-state index in [4.69, 9.17) is 4.99 Å². The molecule has 2 atom stereocenters. The summed E-state index contributed by atoms with van der Waals surface area (Å²) in [5.41, 5.74) is 0. The number of hydrogen-bond donors (Lipinski definition) is 1. The van der Waals surface area contributed by atoms with Crippen molar-refractivity contribution < 1.29 is 9.28 Å². The highest BCUT2D eigenvalue weighted by atomic mass is 16.1. The summed E-state index contributed by atoms with van der Waals surface area (Å²) in [5, 5.41) is 3.09. The van der Waals surface area contributed by atoms with Gasteiger partial charge in [0.1, 0.15) is 6.54 Å². The molecule has 0 aliphatic carbocycles. The lowest BCUT2D eigenvalue weighted by Crippen LogP contribution is -2.62. The molecule has 1 heterocycles. The number of nitrogens with zero attached hydrogens (tertiary/aromatic N) is 2. The highest BCUT2D eigenvalue weighted by molar-refractivity contribution is 5.88. The molecule has 1 amide bonds. The van der Waals surface area contributed by atoms with Crippen molar-refractivity contribution in [1.29, 1.82) is 0 Å². The summed E-state index contributed by atoms with van der Waals surface area (Å²) >= 11 is 0. The zero-order chi connectivity index (χ0) is 24.2. The average molecular weight is 463 g/mol. The van der Waals surface area contributed by atoms with Gasteiger partial charge in [-0.25, -0.2) is 4.99 Å². The van der Waals surface area contributed by atoms with Crippen molar-refractivity contribution in [2.75, 3.05) is 19.6 Å². The number of likely N-dealkylation sites (N-methyl/N-ethyl adjacent to an activating group) is 1. The molecule has 0 aromatic heterocycles. The van der Waals surface area contributed by atoms with Crippen molar-refractivity contribution in [2.45, 2.75) is 143 Å². The minimum absolute atomic E-state index is 0.0387. The Morgan fingerprint density at radius 2 is 1.36 bits per heavy atom. The molecule has 0 bridgehead atoms. The van der Waals surface area contributed by atoms with Crippen LogP contribution in [0.5, 0.6) is 0 Å². The van der Waals surface area contributed by atoms with E-state index in [0.717, 1.165) is 36.4 Å². The standard InChI is InChI=1S/C29H55N3O/c1-5-7-8-9-10-11-12-13-14-15-16-17-18-19-20-21-22-23-24-29-30-25-26-32(29,6-2)27(3)31-28(4)33/h23-24,27H,5-22,25-26H2,1-4H3/p+1/b24-23+. The van der Waals surface area contributed by atoms with Crippen LogP contribution >= 0.6 is 0 Å². The first-order chi connectivity index (χ1) is 16.1. The van der Waals surface area contributed by atoms with Crippen LogP contribution in [0.15, 0.2) is 17.1 Å². The number of carbonyl (C=O) groups is 1. The van der Waals surface area contributed by atoms with Crippen LogP contribution < -0.4 is 5.32 Å². The number of amidine groups is 1. The third-order valence-electron chi connectivity index (χ3n) is 7.44. The van der Waals surface area contributed by atoms with Gasteiger partial charge in [-0.15, -0.1) is 0 Å². The molecule has 192 valence electrons. The SMILES string of the molecule is CCCCCCCCCCCCCCCCCC/C=C/C1=NCC[N+]1(CC)C(C)NC(C)=O. The molecule has 1 rings (SSSR count). The number of allylic oxidation sites excluding steroid dienone is 1. The second-order valence-electron chi connectivity index (χ2n) is 10.2. The molecular weight excluding hydrogens is 406 g/mol. The maximum atomic E-state index is 11.5. The molecule has 2 unspecified atom stereocenters. The van der Waals surface area contributed by atoms with Gasteiger partial charge in [0.2, 0.25) is 11.7 Å². The lowest BCUT2D eigenvalue weighted by molar-refractivity contribution is -0.859. The van der Waals surface area contributed by atoms with E-state index in [9.17, 15) is 4.79 Å². The summed E-state index contributed by atoms with van der Waals surface area (Å²) in [6, 6.07) is 0. The largest absolute Gasteiger partial charge is 0.307 e. The molecule has 0 fully saturated rings. The first kappa shape index (κ1) is 29.9. The van der Waals surface area contributed by atoms with E-state index in [0.29, 0.717) is 0 Å². The second-order valence-corrected chi connectivity index (χ2v) is 10.2. The predicted molar refractivity (Wildman–Crippen MR) is 145 cm³/mol. The zero-order valence-electron chi connectivity index (χ0n) is 22.7. The molecule has 33 heavy (non-hydrogen) atoms. The highest BCUT2D eigenvalue weighted by Gasteiger charge is 2.40. The number of carbonyl (C=O) groups excluding carboxylic acids is 1. The monoisotopic (exact) mass is 462 g/mol. The van der Waals surface area contributed by atoms with E-state index >= 15 is 0 Å². The number of rotatable bonds is 21. The van der Waals surface area contributed by atoms with Crippen LogP contribution in [0.4, 0.5) is 0 Å². The maximum Gasteiger partial charge on any atom is 0.224 e. The van der Waals surface area contributed by atoms with Crippen LogP contribution in [-0.2, 0) is 4.79 Å². The molecule has 1 N–H and O–H groups in total. The Hall–Kier alpha value is -1.16. The van der Waals surface area contributed by atoms with Crippen molar-refractivity contribution in [3.05, 3.63) is 12.2 Å². The molecule has 4 heteroatoms. The fourth-order valence-corrected chi connectivity index (χ4v) is 5.20. The molecule has 0 radical (unpaired) electrons. The number of hydrogen-bond acceptors (Lipinski definition) is 2. The molecule has 1 aliphatic heterocycles. The Labute approximate surface area is 206 Å². The van der Waals surface area contributed by atoms with Crippen molar-refractivity contribution in [1.82, 2.24) is 5.32 Å². The van der Waals surface area contributed by atoms with Gasteiger partial charge in [0.25, 0.3) is 0 Å². The zero-order valence-corrected chi connectivity index (χ0v) is 22.7. The second kappa shape index (κ2) is 19.2. The first-order valence-electron chi connectivity index (χ1n) is 14.4. The lowest BCUT2D eigenvalue weighted by Gasteiger charge is -2.38. The van der Waals surface area contributed by atoms with Gasteiger partial charge in [0.15, 0.2) is 6.17 Å². The molecular formula is C29H56N3O+. The number of unbranched alkanes of at least 4 members (excludes halogenated alkanes) is 16. The van der Waals surface area contributed by atoms with Crippen LogP contribution in [0, 0.1) is 0 Å². The Morgan fingerprint density at radius 3 is 1.82 bits per heavy atom. The van der Waals surface area contributed by atoms with Gasteiger partial charge >= 0.3 is 0 Å². The Balaban J connectivity index is 2.00. The number of aliphatic imine (C=N–C) groups is 1. The quantitative estimate of drug-likeness (QED) is 0.136. The van der Waals surface area contributed by atoms with Gasteiger partial charge in [-0.2, -0.15) is 0 Å². The minimum atomic E-state index is 0.0387. The number of nitrogens with one attached hydrogen (secondary N) is 1. The summed E-state index contributed by atoms with van der Waals surface area (Å²) in [6.45, 7) is 11.0. The van der Waals surface area contributed by atoms with E-state index in [1.54, 1.807) is 6.92 Å². The fourth-order valence-electron chi connectivity index (χ4n) is 5.20. The van der Waals surface area contributed by atoms with E-state index in [1.807, 2.05) is 0 Å². The van der Waals surface area contributed by atoms with Crippen LogP contribution in [-0.4, -0.2) is 42.0 Å². The minimum Gasteiger partial charge on any atom is -0.307 e. The average Bonchev–Trinajstić information content (AvgIpc) is 3.22. The van der Waals surface area contributed by atoms with Crippen molar-refractivity contribution in [2.24, 2.45) is 4.99 Å². The van der Waals surface area contributed by atoms with E-state index < -0.39 is 0 Å². The predicted octanol–water partition coefficient (Wildman–Crippen LogP) is 7.93. The van der Waals surface area contributed by atoms with Crippen LogP contribution in [0.3, 0.4) is 0 Å².